The Morgan fingerprint density at radius 1 is 1.33 bits per heavy atom. The number of para-hydroxylation sites is 1. The number of carbonyl (C=O) groups is 1. The van der Waals surface area contributed by atoms with Crippen LogP contribution in [0.5, 0.6) is 0 Å². The van der Waals surface area contributed by atoms with Crippen LogP contribution in [0.2, 0.25) is 0 Å². The summed E-state index contributed by atoms with van der Waals surface area (Å²) < 4.78 is 0. The van der Waals surface area contributed by atoms with Crippen LogP contribution in [0.25, 0.3) is 0 Å². The van der Waals surface area contributed by atoms with Crippen LogP contribution in [-0.2, 0) is 4.79 Å². The minimum absolute atomic E-state index is 0.117. The summed E-state index contributed by atoms with van der Waals surface area (Å²) in [4.78, 5) is 25.9. The molecular formula is C19H22N2O3. The van der Waals surface area contributed by atoms with E-state index in [0.29, 0.717) is 12.0 Å². The Kier molecular flexibility index (Phi) is 3.48. The molecule has 1 aromatic rings. The van der Waals surface area contributed by atoms with Gasteiger partial charge in [0.2, 0.25) is 5.91 Å². The molecule has 4 rings (SSSR count). The van der Waals surface area contributed by atoms with Gasteiger partial charge in [-0.05, 0) is 37.7 Å². The van der Waals surface area contributed by atoms with Gasteiger partial charge in [0, 0.05) is 41.6 Å². The number of hydrogen-bond acceptors (Lipinski definition) is 3. The van der Waals surface area contributed by atoms with Crippen molar-refractivity contribution in [2.75, 3.05) is 6.54 Å². The molecule has 126 valence electrons. The number of rotatable bonds is 3. The fourth-order valence-corrected chi connectivity index (χ4v) is 5.11. The van der Waals surface area contributed by atoms with Gasteiger partial charge in [0.15, 0.2) is 0 Å². The molecule has 2 atom stereocenters. The van der Waals surface area contributed by atoms with Crippen LogP contribution < -0.4 is 0 Å². The smallest absolute Gasteiger partial charge is 0.273 e. The van der Waals surface area contributed by atoms with Crippen molar-refractivity contribution in [1.29, 1.82) is 0 Å². The Bertz CT molecular complexity index is 755. The highest BCUT2D eigenvalue weighted by molar-refractivity contribution is 5.83. The van der Waals surface area contributed by atoms with E-state index in [1.165, 1.54) is 11.3 Å². The quantitative estimate of drug-likeness (QED) is 0.619. The molecule has 2 heterocycles. The maximum absolute atomic E-state index is 12.8. The van der Waals surface area contributed by atoms with E-state index in [0.717, 1.165) is 38.6 Å². The lowest BCUT2D eigenvalue weighted by atomic mass is 9.73. The highest BCUT2D eigenvalue weighted by Crippen LogP contribution is 2.58. The van der Waals surface area contributed by atoms with Gasteiger partial charge in [0.25, 0.3) is 5.69 Å². The average Bonchev–Trinajstić information content (AvgIpc) is 2.99. The van der Waals surface area contributed by atoms with Crippen LogP contribution in [0, 0.1) is 15.5 Å². The van der Waals surface area contributed by atoms with Crippen molar-refractivity contribution in [3.05, 3.63) is 51.2 Å². The normalized spacial score (nSPS) is 29.0. The maximum atomic E-state index is 12.8. The molecule has 0 spiro atoms. The van der Waals surface area contributed by atoms with Crippen molar-refractivity contribution in [1.82, 2.24) is 4.90 Å². The second-order valence-corrected chi connectivity index (χ2v) is 7.23. The molecule has 0 bridgehead atoms. The van der Waals surface area contributed by atoms with Crippen LogP contribution in [-0.4, -0.2) is 22.3 Å². The predicted octanol–water partition coefficient (Wildman–Crippen LogP) is 4.15. The van der Waals surface area contributed by atoms with E-state index >= 15 is 0 Å². The van der Waals surface area contributed by atoms with E-state index in [2.05, 4.69) is 6.92 Å². The third kappa shape index (κ3) is 2.03. The van der Waals surface area contributed by atoms with Crippen LogP contribution in [0.15, 0.2) is 35.5 Å². The zero-order chi connectivity index (χ0) is 16.9. The number of nitro benzene ring substituents is 1. The Morgan fingerprint density at radius 3 is 2.88 bits per heavy atom. The first-order chi connectivity index (χ1) is 11.6. The molecule has 0 unspecified atom stereocenters. The lowest BCUT2D eigenvalue weighted by Gasteiger charge is -2.45. The molecular weight excluding hydrogens is 304 g/mol. The largest absolute Gasteiger partial charge is 0.316 e. The summed E-state index contributed by atoms with van der Waals surface area (Å²) in [6.07, 6.45) is 5.64. The Balaban J connectivity index is 1.87. The van der Waals surface area contributed by atoms with Gasteiger partial charge in [-0.3, -0.25) is 14.9 Å². The first-order valence-corrected chi connectivity index (χ1v) is 8.84. The first kappa shape index (κ1) is 15.4. The molecule has 1 saturated heterocycles. The molecule has 1 aromatic carbocycles. The van der Waals surface area contributed by atoms with Crippen molar-refractivity contribution in [3.8, 4) is 0 Å². The number of piperidine rings is 1. The summed E-state index contributed by atoms with van der Waals surface area (Å²) in [5.41, 5.74) is 3.46. The monoisotopic (exact) mass is 326 g/mol. The minimum Gasteiger partial charge on any atom is -0.316 e. The standard InChI is InChI=1S/C19H22N2O3/c1-2-19-9-5-11-20-17(22)12-15(14(8-10-19)18(19)20)13-6-3-4-7-16(13)21(23)24/h3-4,6-7,15H,2,5,8-12H2,1H3/t15-,19-/m0/s1. The molecule has 3 aliphatic rings. The lowest BCUT2D eigenvalue weighted by molar-refractivity contribution is -0.385. The van der Waals surface area contributed by atoms with Crippen molar-refractivity contribution in [3.63, 3.8) is 0 Å². The fourth-order valence-electron chi connectivity index (χ4n) is 5.11. The zero-order valence-electron chi connectivity index (χ0n) is 14.0. The molecule has 0 N–H and O–H groups in total. The first-order valence-electron chi connectivity index (χ1n) is 8.84. The van der Waals surface area contributed by atoms with Gasteiger partial charge in [-0.1, -0.05) is 25.1 Å². The molecule has 5 heteroatoms. The summed E-state index contributed by atoms with van der Waals surface area (Å²) in [7, 11) is 0. The van der Waals surface area contributed by atoms with E-state index in [1.54, 1.807) is 12.1 Å². The number of carbonyl (C=O) groups excluding carboxylic acids is 1. The molecule has 1 fully saturated rings. The Labute approximate surface area is 141 Å². The van der Waals surface area contributed by atoms with Gasteiger partial charge >= 0.3 is 0 Å². The predicted molar refractivity (Wildman–Crippen MR) is 90.4 cm³/mol. The number of amides is 1. The third-order valence-electron chi connectivity index (χ3n) is 6.27. The Morgan fingerprint density at radius 2 is 2.12 bits per heavy atom. The lowest BCUT2D eigenvalue weighted by Crippen LogP contribution is -2.45. The van der Waals surface area contributed by atoms with Gasteiger partial charge in [-0.25, -0.2) is 0 Å². The average molecular weight is 326 g/mol. The molecule has 0 radical (unpaired) electrons. The Hall–Kier alpha value is -2.17. The second kappa shape index (κ2) is 5.43. The summed E-state index contributed by atoms with van der Waals surface area (Å²) in [6, 6.07) is 6.92. The number of nitrogens with zero attached hydrogens (tertiary/aromatic N) is 2. The van der Waals surface area contributed by atoms with E-state index in [1.807, 2.05) is 17.0 Å². The van der Waals surface area contributed by atoms with Crippen LogP contribution in [0.3, 0.4) is 0 Å². The molecule has 0 aromatic heterocycles. The fraction of sp³-hybridized carbons (Fsp3) is 0.526. The summed E-state index contributed by atoms with van der Waals surface area (Å²) >= 11 is 0. The second-order valence-electron chi connectivity index (χ2n) is 7.23. The topological polar surface area (TPSA) is 63.5 Å². The third-order valence-corrected chi connectivity index (χ3v) is 6.27. The van der Waals surface area contributed by atoms with E-state index in [4.69, 9.17) is 0 Å². The zero-order valence-corrected chi connectivity index (χ0v) is 14.0. The van der Waals surface area contributed by atoms with Crippen molar-refractivity contribution in [2.24, 2.45) is 5.41 Å². The number of hydrogen-bond donors (Lipinski definition) is 0. The summed E-state index contributed by atoms with van der Waals surface area (Å²) in [6.45, 7) is 3.02. The van der Waals surface area contributed by atoms with Crippen LogP contribution >= 0.6 is 0 Å². The SMILES string of the molecule is CC[C@@]12CCCN3C(=O)C[C@@H](c4ccccc4[N+](=O)[O-])C(=C31)CC2. The van der Waals surface area contributed by atoms with Crippen LogP contribution in [0.1, 0.15) is 56.9 Å². The van der Waals surface area contributed by atoms with Crippen LogP contribution in [0.4, 0.5) is 5.69 Å². The molecule has 5 nitrogen and oxygen atoms in total. The van der Waals surface area contributed by atoms with E-state index in [9.17, 15) is 14.9 Å². The highest BCUT2D eigenvalue weighted by atomic mass is 16.6. The number of benzene rings is 1. The number of nitro groups is 1. The highest BCUT2D eigenvalue weighted by Gasteiger charge is 2.50. The van der Waals surface area contributed by atoms with Gasteiger partial charge in [0.05, 0.1) is 4.92 Å². The van der Waals surface area contributed by atoms with Gasteiger partial charge in [-0.15, -0.1) is 0 Å². The number of allylic oxidation sites excluding steroid dienone is 2. The molecule has 0 saturated carbocycles. The van der Waals surface area contributed by atoms with Crippen molar-refractivity contribution in [2.45, 2.75) is 51.4 Å². The van der Waals surface area contributed by atoms with Gasteiger partial charge in [0.1, 0.15) is 0 Å². The van der Waals surface area contributed by atoms with E-state index in [-0.39, 0.29) is 27.9 Å². The molecule has 1 aliphatic carbocycles. The molecule has 2 aliphatic heterocycles. The van der Waals surface area contributed by atoms with Crippen molar-refractivity contribution < 1.29 is 9.72 Å². The summed E-state index contributed by atoms with van der Waals surface area (Å²) in [5, 5.41) is 11.4. The molecule has 1 amide bonds. The minimum atomic E-state index is -0.319. The van der Waals surface area contributed by atoms with Gasteiger partial charge in [-0.2, -0.15) is 0 Å². The van der Waals surface area contributed by atoms with Gasteiger partial charge < -0.3 is 4.90 Å². The molecule has 24 heavy (non-hydrogen) atoms. The summed E-state index contributed by atoms with van der Waals surface area (Å²) in [5.74, 6) is 0.00759. The maximum Gasteiger partial charge on any atom is 0.273 e. The van der Waals surface area contributed by atoms with Crippen molar-refractivity contribution >= 4 is 11.6 Å². The van der Waals surface area contributed by atoms with E-state index < -0.39 is 0 Å².